The average Bonchev–Trinajstić information content (AvgIpc) is 2.35. The Hall–Kier alpha value is -0.790. The van der Waals surface area contributed by atoms with E-state index in [4.69, 9.17) is 4.74 Å². The Bertz CT molecular complexity index is 453. The Labute approximate surface area is 130 Å². The van der Waals surface area contributed by atoms with Crippen LogP contribution in [0.3, 0.4) is 0 Å². The molecule has 21 heavy (non-hydrogen) atoms. The van der Waals surface area contributed by atoms with E-state index in [-0.39, 0.29) is 6.61 Å². The average molecular weight is 370 g/mol. The Morgan fingerprint density at radius 2 is 1.95 bits per heavy atom. The molecule has 0 aromatic heterocycles. The third-order valence-corrected chi connectivity index (χ3v) is 3.09. The van der Waals surface area contributed by atoms with Crippen molar-refractivity contribution in [1.29, 1.82) is 0 Å². The van der Waals surface area contributed by atoms with Crippen molar-refractivity contribution >= 4 is 15.9 Å². The van der Waals surface area contributed by atoms with Crippen molar-refractivity contribution in [2.45, 2.75) is 26.1 Å². The summed E-state index contributed by atoms with van der Waals surface area (Å²) >= 11 is 3.43. The van der Waals surface area contributed by atoms with Gasteiger partial charge in [-0.05, 0) is 31.7 Å². The molecule has 120 valence electrons. The fourth-order valence-corrected chi connectivity index (χ4v) is 2.47. The van der Waals surface area contributed by atoms with Gasteiger partial charge < -0.3 is 14.8 Å². The van der Waals surface area contributed by atoms with Crippen molar-refractivity contribution in [3.8, 4) is 5.75 Å². The van der Waals surface area contributed by atoms with E-state index in [0.29, 0.717) is 19.6 Å². The summed E-state index contributed by atoms with van der Waals surface area (Å²) in [6, 6.07) is 3.90. The first-order chi connectivity index (χ1) is 9.83. The zero-order valence-corrected chi connectivity index (χ0v) is 13.6. The molecular formula is C14H19BrF3NO2. The van der Waals surface area contributed by atoms with Crippen molar-refractivity contribution in [2.24, 2.45) is 0 Å². The number of nitrogens with one attached hydrogen (secondary N) is 1. The molecule has 0 aliphatic heterocycles. The van der Waals surface area contributed by atoms with Gasteiger partial charge in [0.1, 0.15) is 12.4 Å². The molecule has 0 aliphatic rings. The van der Waals surface area contributed by atoms with E-state index in [1.54, 1.807) is 0 Å². The van der Waals surface area contributed by atoms with Gasteiger partial charge in [0.25, 0.3) is 0 Å². The molecule has 1 rings (SSSR count). The lowest BCUT2D eigenvalue weighted by atomic mass is 10.1. The van der Waals surface area contributed by atoms with Gasteiger partial charge in [-0.3, -0.25) is 0 Å². The van der Waals surface area contributed by atoms with Crippen LogP contribution in [0.2, 0.25) is 0 Å². The van der Waals surface area contributed by atoms with Crippen LogP contribution in [-0.2, 0) is 11.3 Å². The molecule has 0 saturated carbocycles. The summed E-state index contributed by atoms with van der Waals surface area (Å²) in [6.45, 7) is 1.71. The highest BCUT2D eigenvalue weighted by atomic mass is 79.9. The SMILES string of the molecule is CNCc1cc(Br)cc(C)c1OCCCOCC(F)(F)F. The molecule has 0 saturated heterocycles. The van der Waals surface area contributed by atoms with Crippen molar-refractivity contribution in [3.05, 3.63) is 27.7 Å². The zero-order valence-electron chi connectivity index (χ0n) is 12.0. The van der Waals surface area contributed by atoms with Gasteiger partial charge in [-0.15, -0.1) is 0 Å². The molecule has 0 fully saturated rings. The van der Waals surface area contributed by atoms with Gasteiger partial charge in [0.05, 0.1) is 13.2 Å². The fraction of sp³-hybridized carbons (Fsp3) is 0.571. The van der Waals surface area contributed by atoms with Crippen molar-refractivity contribution in [2.75, 3.05) is 26.9 Å². The predicted molar refractivity (Wildman–Crippen MR) is 78.6 cm³/mol. The normalized spacial score (nSPS) is 11.7. The molecular weight excluding hydrogens is 351 g/mol. The predicted octanol–water partition coefficient (Wildman–Crippen LogP) is 3.82. The van der Waals surface area contributed by atoms with Gasteiger partial charge in [-0.2, -0.15) is 13.2 Å². The Balaban J connectivity index is 2.44. The van der Waals surface area contributed by atoms with Crippen molar-refractivity contribution in [3.63, 3.8) is 0 Å². The molecule has 0 radical (unpaired) electrons. The highest BCUT2D eigenvalue weighted by Crippen LogP contribution is 2.28. The van der Waals surface area contributed by atoms with Crippen LogP contribution in [0.25, 0.3) is 0 Å². The van der Waals surface area contributed by atoms with Crippen LogP contribution in [-0.4, -0.2) is 33.0 Å². The van der Waals surface area contributed by atoms with E-state index in [0.717, 1.165) is 21.3 Å². The fourth-order valence-electron chi connectivity index (χ4n) is 1.85. The number of hydrogen-bond acceptors (Lipinski definition) is 3. The molecule has 0 amide bonds. The minimum atomic E-state index is -4.27. The summed E-state index contributed by atoms with van der Waals surface area (Å²) in [4.78, 5) is 0. The maximum atomic E-state index is 11.9. The molecule has 0 atom stereocenters. The second-order valence-corrected chi connectivity index (χ2v) is 5.53. The molecule has 1 aromatic rings. The van der Waals surface area contributed by atoms with Crippen LogP contribution in [0.1, 0.15) is 17.5 Å². The van der Waals surface area contributed by atoms with Gasteiger partial charge in [-0.25, -0.2) is 0 Å². The lowest BCUT2D eigenvalue weighted by Gasteiger charge is -2.15. The smallest absolute Gasteiger partial charge is 0.411 e. The Morgan fingerprint density at radius 3 is 2.57 bits per heavy atom. The second kappa shape index (κ2) is 8.60. The molecule has 1 N–H and O–H groups in total. The first kappa shape index (κ1) is 18.3. The van der Waals surface area contributed by atoms with Crippen LogP contribution >= 0.6 is 15.9 Å². The standard InChI is InChI=1S/C14H19BrF3NO2/c1-10-6-12(15)7-11(8-19-2)13(10)21-5-3-4-20-9-14(16,17)18/h6-7,19H,3-5,8-9H2,1-2H3. The van der Waals surface area contributed by atoms with Crippen LogP contribution in [0.5, 0.6) is 5.75 Å². The molecule has 7 heteroatoms. The minimum absolute atomic E-state index is 0.0243. The molecule has 0 unspecified atom stereocenters. The van der Waals surface area contributed by atoms with Gasteiger partial charge in [0.2, 0.25) is 0 Å². The van der Waals surface area contributed by atoms with E-state index in [9.17, 15) is 13.2 Å². The maximum absolute atomic E-state index is 11.9. The third-order valence-electron chi connectivity index (χ3n) is 2.63. The Morgan fingerprint density at radius 1 is 1.24 bits per heavy atom. The summed E-state index contributed by atoms with van der Waals surface area (Å²) in [5, 5.41) is 3.06. The summed E-state index contributed by atoms with van der Waals surface area (Å²) < 4.78 is 46.9. The highest BCUT2D eigenvalue weighted by molar-refractivity contribution is 9.10. The summed E-state index contributed by atoms with van der Waals surface area (Å²) in [5.74, 6) is 0.767. The van der Waals surface area contributed by atoms with E-state index in [1.807, 2.05) is 26.1 Å². The molecule has 0 aliphatic carbocycles. The highest BCUT2D eigenvalue weighted by Gasteiger charge is 2.27. The summed E-state index contributed by atoms with van der Waals surface area (Å²) in [6.07, 6.45) is -3.87. The minimum Gasteiger partial charge on any atom is -0.493 e. The van der Waals surface area contributed by atoms with E-state index < -0.39 is 12.8 Å². The maximum Gasteiger partial charge on any atom is 0.411 e. The van der Waals surface area contributed by atoms with Gasteiger partial charge in [0, 0.05) is 23.0 Å². The van der Waals surface area contributed by atoms with Crippen LogP contribution in [0.4, 0.5) is 13.2 Å². The van der Waals surface area contributed by atoms with Gasteiger partial charge in [-0.1, -0.05) is 15.9 Å². The Kier molecular flexibility index (Phi) is 7.48. The zero-order chi connectivity index (χ0) is 15.9. The third kappa shape index (κ3) is 7.15. The van der Waals surface area contributed by atoms with Crippen molar-refractivity contribution < 1.29 is 22.6 Å². The largest absolute Gasteiger partial charge is 0.493 e. The summed E-state index contributed by atoms with van der Waals surface area (Å²) in [7, 11) is 1.84. The number of hydrogen-bond donors (Lipinski definition) is 1. The molecule has 3 nitrogen and oxygen atoms in total. The first-order valence-electron chi connectivity index (χ1n) is 6.54. The van der Waals surface area contributed by atoms with E-state index in [1.165, 1.54) is 0 Å². The molecule has 0 heterocycles. The number of benzene rings is 1. The van der Waals surface area contributed by atoms with Crippen LogP contribution < -0.4 is 10.1 Å². The second-order valence-electron chi connectivity index (χ2n) is 4.61. The molecule has 0 spiro atoms. The van der Waals surface area contributed by atoms with E-state index >= 15 is 0 Å². The van der Waals surface area contributed by atoms with Crippen molar-refractivity contribution in [1.82, 2.24) is 5.32 Å². The number of alkyl halides is 3. The molecule has 0 bridgehead atoms. The van der Waals surface area contributed by atoms with Crippen LogP contribution in [0, 0.1) is 6.92 Å². The van der Waals surface area contributed by atoms with Crippen LogP contribution in [0.15, 0.2) is 16.6 Å². The quantitative estimate of drug-likeness (QED) is 0.706. The van der Waals surface area contributed by atoms with Gasteiger partial charge >= 0.3 is 6.18 Å². The monoisotopic (exact) mass is 369 g/mol. The number of halogens is 4. The number of rotatable bonds is 8. The lowest BCUT2D eigenvalue weighted by Crippen LogP contribution is -2.18. The summed E-state index contributed by atoms with van der Waals surface area (Å²) in [5.41, 5.74) is 1.98. The van der Waals surface area contributed by atoms with Gasteiger partial charge in [0.15, 0.2) is 0 Å². The van der Waals surface area contributed by atoms with E-state index in [2.05, 4.69) is 26.0 Å². The topological polar surface area (TPSA) is 30.5 Å². The first-order valence-corrected chi connectivity index (χ1v) is 7.33. The molecule has 1 aromatic carbocycles. The number of aryl methyl sites for hydroxylation is 1. The number of ether oxygens (including phenoxy) is 2. The lowest BCUT2D eigenvalue weighted by molar-refractivity contribution is -0.174.